The molecule has 0 N–H and O–H groups in total. The molecule has 0 saturated carbocycles. The topological polar surface area (TPSA) is 69.9 Å². The molecule has 0 unspecified atom stereocenters. The summed E-state index contributed by atoms with van der Waals surface area (Å²) in [6, 6.07) is 17.0. The highest BCUT2D eigenvalue weighted by molar-refractivity contribution is 9.10. The lowest BCUT2D eigenvalue weighted by molar-refractivity contribution is -0.141. The summed E-state index contributed by atoms with van der Waals surface area (Å²) in [5, 5.41) is 1.89. The molecule has 152 valence electrons. The first kappa shape index (κ1) is 20.3. The third-order valence-corrected chi connectivity index (χ3v) is 6.19. The minimum atomic E-state index is -0.443. The fourth-order valence-electron chi connectivity index (χ4n) is 3.18. The number of fused-ring (bicyclic) bond motifs is 2. The van der Waals surface area contributed by atoms with Gasteiger partial charge in [0.05, 0.1) is 30.0 Å². The second-order valence-corrected chi connectivity index (χ2v) is 8.40. The molecule has 0 spiro atoms. The number of carbonyl (C=O) groups excluding carboxylic acids is 2. The number of thiazole rings is 1. The van der Waals surface area contributed by atoms with E-state index in [9.17, 15) is 9.59 Å². The van der Waals surface area contributed by atoms with Crippen LogP contribution >= 0.6 is 27.3 Å². The van der Waals surface area contributed by atoms with Gasteiger partial charge in [-0.1, -0.05) is 51.5 Å². The van der Waals surface area contributed by atoms with Crippen molar-refractivity contribution in [3.05, 3.63) is 69.4 Å². The predicted molar refractivity (Wildman–Crippen MR) is 120 cm³/mol. The molecule has 4 aromatic rings. The highest BCUT2D eigenvalue weighted by Crippen LogP contribution is 2.27. The van der Waals surface area contributed by atoms with Gasteiger partial charge in [-0.05, 0) is 41.1 Å². The van der Waals surface area contributed by atoms with Gasteiger partial charge in [-0.2, -0.15) is 4.99 Å². The molecule has 1 aromatic heterocycles. The van der Waals surface area contributed by atoms with E-state index in [1.54, 1.807) is 10.6 Å². The predicted octanol–water partition coefficient (Wildman–Crippen LogP) is 4.54. The average molecular weight is 485 g/mol. The van der Waals surface area contributed by atoms with Crippen molar-refractivity contribution in [1.82, 2.24) is 4.57 Å². The molecule has 0 saturated heterocycles. The molecule has 0 fully saturated rings. The molecule has 3 aromatic carbocycles. The Morgan fingerprint density at radius 1 is 1.07 bits per heavy atom. The highest BCUT2D eigenvalue weighted by atomic mass is 79.9. The Hall–Kier alpha value is -2.97. The Morgan fingerprint density at radius 2 is 1.80 bits per heavy atom. The Balaban J connectivity index is 1.88. The van der Waals surface area contributed by atoms with Gasteiger partial charge in [0.1, 0.15) is 12.3 Å². The van der Waals surface area contributed by atoms with E-state index < -0.39 is 11.9 Å². The lowest BCUT2D eigenvalue weighted by Gasteiger charge is -2.08. The molecule has 4 rings (SSSR count). The van der Waals surface area contributed by atoms with Crippen LogP contribution < -0.4 is 9.54 Å². The number of esters is 1. The number of amides is 1. The van der Waals surface area contributed by atoms with Crippen LogP contribution in [-0.4, -0.2) is 30.7 Å². The molecule has 30 heavy (non-hydrogen) atoms. The summed E-state index contributed by atoms with van der Waals surface area (Å²) < 4.78 is 13.7. The van der Waals surface area contributed by atoms with Crippen molar-refractivity contribution >= 4 is 60.1 Å². The molecule has 1 heterocycles. The van der Waals surface area contributed by atoms with Crippen LogP contribution in [0.1, 0.15) is 10.4 Å². The standard InChI is InChI=1S/C22H17BrN2O4S/c1-28-18-10-14-6-4-3-5-13(14)9-16(18)21(27)24-22-25(12-20(26)29-2)17-8-7-15(23)11-19(17)30-22/h3-11H,12H2,1-2H3. The molecule has 0 aliphatic carbocycles. The number of halogens is 1. The van der Waals surface area contributed by atoms with Crippen LogP contribution in [0.2, 0.25) is 0 Å². The molecule has 0 radical (unpaired) electrons. The number of carbonyl (C=O) groups is 2. The van der Waals surface area contributed by atoms with Gasteiger partial charge in [-0.25, -0.2) is 0 Å². The smallest absolute Gasteiger partial charge is 0.325 e. The maximum Gasteiger partial charge on any atom is 0.325 e. The minimum Gasteiger partial charge on any atom is -0.496 e. The van der Waals surface area contributed by atoms with E-state index >= 15 is 0 Å². The fourth-order valence-corrected chi connectivity index (χ4v) is 4.76. The lowest BCUT2D eigenvalue weighted by Crippen LogP contribution is -2.22. The van der Waals surface area contributed by atoms with E-state index in [4.69, 9.17) is 9.47 Å². The summed E-state index contributed by atoms with van der Waals surface area (Å²) >= 11 is 4.78. The monoisotopic (exact) mass is 484 g/mol. The normalized spacial score (nSPS) is 11.8. The number of rotatable bonds is 4. The third kappa shape index (κ3) is 3.88. The summed E-state index contributed by atoms with van der Waals surface area (Å²) in [4.78, 5) is 29.8. The molecular formula is C22H17BrN2O4S. The van der Waals surface area contributed by atoms with Crippen molar-refractivity contribution in [2.24, 2.45) is 4.99 Å². The molecule has 6 nitrogen and oxygen atoms in total. The number of ether oxygens (including phenoxy) is 2. The van der Waals surface area contributed by atoms with Gasteiger partial charge < -0.3 is 14.0 Å². The number of benzene rings is 3. The van der Waals surface area contributed by atoms with Crippen LogP contribution in [0.25, 0.3) is 21.0 Å². The quantitative estimate of drug-likeness (QED) is 0.398. The van der Waals surface area contributed by atoms with Crippen LogP contribution in [0.4, 0.5) is 0 Å². The average Bonchev–Trinajstić information content (AvgIpc) is 3.08. The Morgan fingerprint density at radius 3 is 2.50 bits per heavy atom. The van der Waals surface area contributed by atoms with Crippen molar-refractivity contribution < 1.29 is 19.1 Å². The lowest BCUT2D eigenvalue weighted by atomic mass is 10.1. The molecule has 0 atom stereocenters. The number of hydrogen-bond acceptors (Lipinski definition) is 5. The first-order valence-electron chi connectivity index (χ1n) is 9.01. The van der Waals surface area contributed by atoms with E-state index in [2.05, 4.69) is 20.9 Å². The van der Waals surface area contributed by atoms with E-state index in [0.29, 0.717) is 16.1 Å². The summed E-state index contributed by atoms with van der Waals surface area (Å²) in [5.41, 5.74) is 1.16. The molecule has 0 aliphatic heterocycles. The van der Waals surface area contributed by atoms with Crippen LogP contribution in [0.15, 0.2) is 64.1 Å². The van der Waals surface area contributed by atoms with Crippen LogP contribution in [0, 0.1) is 0 Å². The van der Waals surface area contributed by atoms with Crippen LogP contribution in [0.3, 0.4) is 0 Å². The van der Waals surface area contributed by atoms with Crippen LogP contribution in [0.5, 0.6) is 5.75 Å². The van der Waals surface area contributed by atoms with Crippen molar-refractivity contribution in [1.29, 1.82) is 0 Å². The molecule has 0 bridgehead atoms. The summed E-state index contributed by atoms with van der Waals surface area (Å²) in [6.07, 6.45) is 0. The molecular weight excluding hydrogens is 468 g/mol. The number of hydrogen-bond donors (Lipinski definition) is 0. The van der Waals surface area contributed by atoms with E-state index in [1.807, 2.05) is 48.5 Å². The van der Waals surface area contributed by atoms with Gasteiger partial charge in [0.15, 0.2) is 4.80 Å². The summed E-state index contributed by atoms with van der Waals surface area (Å²) in [5.74, 6) is -0.414. The summed E-state index contributed by atoms with van der Waals surface area (Å²) in [7, 11) is 2.85. The van der Waals surface area contributed by atoms with Crippen molar-refractivity contribution in [2.45, 2.75) is 6.54 Å². The second-order valence-electron chi connectivity index (χ2n) is 6.48. The summed E-state index contributed by atoms with van der Waals surface area (Å²) in [6.45, 7) is -0.0426. The van der Waals surface area contributed by atoms with Gasteiger partial charge in [0, 0.05) is 4.47 Å². The zero-order valence-corrected chi connectivity index (χ0v) is 18.6. The first-order valence-corrected chi connectivity index (χ1v) is 10.6. The van der Waals surface area contributed by atoms with Gasteiger partial charge in [-0.3, -0.25) is 9.59 Å². The van der Waals surface area contributed by atoms with Crippen molar-refractivity contribution in [2.75, 3.05) is 14.2 Å². The minimum absolute atomic E-state index is 0.0426. The highest BCUT2D eigenvalue weighted by Gasteiger charge is 2.16. The number of nitrogens with zero attached hydrogens (tertiary/aromatic N) is 2. The zero-order chi connectivity index (χ0) is 21.3. The molecule has 8 heteroatoms. The number of aromatic nitrogens is 1. The van der Waals surface area contributed by atoms with Gasteiger partial charge in [0.2, 0.25) is 0 Å². The SMILES string of the molecule is COC(=O)Cn1c(=NC(=O)c2cc3ccccc3cc2OC)sc2cc(Br)ccc21. The van der Waals surface area contributed by atoms with E-state index in [0.717, 1.165) is 25.5 Å². The van der Waals surface area contributed by atoms with Crippen LogP contribution in [-0.2, 0) is 16.1 Å². The maximum atomic E-state index is 13.1. The third-order valence-electron chi connectivity index (χ3n) is 4.66. The Bertz CT molecular complexity index is 1360. The maximum absolute atomic E-state index is 13.1. The number of methoxy groups -OCH3 is 2. The van der Waals surface area contributed by atoms with Crippen molar-refractivity contribution in [3.8, 4) is 5.75 Å². The van der Waals surface area contributed by atoms with Gasteiger partial charge in [-0.15, -0.1) is 0 Å². The zero-order valence-electron chi connectivity index (χ0n) is 16.2. The van der Waals surface area contributed by atoms with E-state index in [-0.39, 0.29) is 6.54 Å². The molecule has 0 aliphatic rings. The molecule has 1 amide bonds. The second kappa shape index (κ2) is 8.41. The van der Waals surface area contributed by atoms with Crippen molar-refractivity contribution in [3.63, 3.8) is 0 Å². The largest absolute Gasteiger partial charge is 0.496 e. The fraction of sp³-hybridized carbons (Fsp3) is 0.136. The Kier molecular flexibility index (Phi) is 5.69. The van der Waals surface area contributed by atoms with E-state index in [1.165, 1.54) is 25.6 Å². The Labute approximate surface area is 184 Å². The van der Waals surface area contributed by atoms with Gasteiger partial charge in [0.25, 0.3) is 5.91 Å². The first-order chi connectivity index (χ1) is 14.5. The van der Waals surface area contributed by atoms with Gasteiger partial charge >= 0.3 is 5.97 Å².